The number of methoxy groups -OCH3 is 4. The van der Waals surface area contributed by atoms with Gasteiger partial charge < -0.3 is 34.5 Å². The van der Waals surface area contributed by atoms with Crippen molar-refractivity contribution in [3.63, 3.8) is 0 Å². The minimum atomic E-state index is -0.465. The Morgan fingerprint density at radius 1 is 0.867 bits per heavy atom. The highest BCUT2D eigenvalue weighted by Crippen LogP contribution is 2.40. The zero-order valence-corrected chi connectivity index (χ0v) is 17.4. The van der Waals surface area contributed by atoms with E-state index >= 15 is 0 Å². The van der Waals surface area contributed by atoms with Gasteiger partial charge in [0, 0.05) is 30.8 Å². The van der Waals surface area contributed by atoms with Crippen molar-refractivity contribution in [3.8, 4) is 23.0 Å². The van der Waals surface area contributed by atoms with E-state index in [9.17, 15) is 9.59 Å². The Morgan fingerprint density at radius 3 is 2.03 bits per heavy atom. The van der Waals surface area contributed by atoms with Gasteiger partial charge in [-0.25, -0.2) is 4.79 Å². The lowest BCUT2D eigenvalue weighted by Crippen LogP contribution is -2.25. The molecule has 2 N–H and O–H groups in total. The molecule has 1 saturated heterocycles. The largest absolute Gasteiger partial charge is 0.495 e. The lowest BCUT2D eigenvalue weighted by Gasteiger charge is -2.20. The van der Waals surface area contributed by atoms with Crippen molar-refractivity contribution < 1.29 is 28.5 Å². The molecule has 0 aliphatic carbocycles. The first-order valence-corrected chi connectivity index (χ1v) is 9.37. The van der Waals surface area contributed by atoms with Gasteiger partial charge in [0.05, 0.1) is 39.8 Å². The normalized spacial score (nSPS) is 13.1. The van der Waals surface area contributed by atoms with Gasteiger partial charge in [-0.1, -0.05) is 0 Å². The average molecular weight is 415 g/mol. The van der Waals surface area contributed by atoms with Gasteiger partial charge in [0.1, 0.15) is 5.75 Å². The van der Waals surface area contributed by atoms with E-state index in [0.29, 0.717) is 53.0 Å². The second-order valence-electron chi connectivity index (χ2n) is 6.53. The fraction of sp³-hybridized carbons (Fsp3) is 0.333. The summed E-state index contributed by atoms with van der Waals surface area (Å²) in [7, 11) is 6.05. The molecule has 0 spiro atoms. The number of amides is 3. The molecule has 1 aliphatic rings. The second-order valence-corrected chi connectivity index (χ2v) is 6.53. The van der Waals surface area contributed by atoms with E-state index in [-0.39, 0.29) is 5.91 Å². The topological polar surface area (TPSA) is 98.4 Å². The predicted molar refractivity (Wildman–Crippen MR) is 113 cm³/mol. The molecule has 1 aliphatic heterocycles. The van der Waals surface area contributed by atoms with Gasteiger partial charge in [0.15, 0.2) is 11.5 Å². The number of hydrogen-bond donors (Lipinski definition) is 2. The summed E-state index contributed by atoms with van der Waals surface area (Å²) in [5, 5.41) is 5.51. The van der Waals surface area contributed by atoms with E-state index in [1.807, 2.05) is 0 Å². The van der Waals surface area contributed by atoms with Gasteiger partial charge in [-0.15, -0.1) is 0 Å². The molecule has 2 aromatic carbocycles. The number of rotatable bonds is 7. The molecule has 0 radical (unpaired) electrons. The minimum absolute atomic E-state index is 0.0346. The molecule has 30 heavy (non-hydrogen) atoms. The molecule has 1 heterocycles. The average Bonchev–Trinajstić information content (AvgIpc) is 3.18. The Hall–Kier alpha value is -3.62. The SMILES string of the molecule is COc1ccc(NC(=O)Nc2cc(OC)c(OC)c(OC)c2)cc1N1CCCC1=O. The number of anilines is 3. The van der Waals surface area contributed by atoms with Crippen molar-refractivity contribution in [2.24, 2.45) is 0 Å². The first kappa shape index (κ1) is 21.1. The molecule has 0 aromatic heterocycles. The van der Waals surface area contributed by atoms with Gasteiger partial charge in [-0.3, -0.25) is 4.79 Å². The number of nitrogens with zero attached hydrogens (tertiary/aromatic N) is 1. The Morgan fingerprint density at radius 2 is 1.50 bits per heavy atom. The van der Waals surface area contributed by atoms with E-state index < -0.39 is 6.03 Å². The molecular weight excluding hydrogens is 390 g/mol. The van der Waals surface area contributed by atoms with Gasteiger partial charge >= 0.3 is 6.03 Å². The zero-order chi connectivity index (χ0) is 21.7. The number of carbonyl (C=O) groups is 2. The summed E-state index contributed by atoms with van der Waals surface area (Å²) in [4.78, 5) is 26.3. The van der Waals surface area contributed by atoms with Crippen molar-refractivity contribution in [2.75, 3.05) is 50.5 Å². The minimum Gasteiger partial charge on any atom is -0.495 e. The number of ether oxygens (including phenoxy) is 4. The molecule has 0 bridgehead atoms. The Balaban J connectivity index is 1.79. The Bertz CT molecular complexity index is 921. The fourth-order valence-corrected chi connectivity index (χ4v) is 3.33. The van der Waals surface area contributed by atoms with E-state index in [1.54, 1.807) is 42.3 Å². The smallest absolute Gasteiger partial charge is 0.323 e. The van der Waals surface area contributed by atoms with Crippen molar-refractivity contribution in [1.29, 1.82) is 0 Å². The van der Waals surface area contributed by atoms with Crippen LogP contribution in [0.15, 0.2) is 30.3 Å². The van der Waals surface area contributed by atoms with Crippen LogP contribution in [0.4, 0.5) is 21.9 Å². The number of benzene rings is 2. The summed E-state index contributed by atoms with van der Waals surface area (Å²) < 4.78 is 21.3. The van der Waals surface area contributed by atoms with E-state index in [4.69, 9.17) is 18.9 Å². The quantitative estimate of drug-likeness (QED) is 0.718. The summed E-state index contributed by atoms with van der Waals surface area (Å²) in [6.45, 7) is 0.621. The summed E-state index contributed by atoms with van der Waals surface area (Å²) in [6, 6.07) is 7.94. The van der Waals surface area contributed by atoms with Gasteiger partial charge in [-0.05, 0) is 24.6 Å². The van der Waals surface area contributed by atoms with Crippen LogP contribution in [-0.2, 0) is 4.79 Å². The predicted octanol–water partition coefficient (Wildman–Crippen LogP) is 3.49. The number of nitrogens with one attached hydrogen (secondary N) is 2. The highest BCUT2D eigenvalue weighted by molar-refractivity contribution is 6.02. The van der Waals surface area contributed by atoms with Crippen molar-refractivity contribution in [2.45, 2.75) is 12.8 Å². The first-order chi connectivity index (χ1) is 14.5. The lowest BCUT2D eigenvalue weighted by atomic mass is 10.2. The maximum atomic E-state index is 12.5. The third-order valence-electron chi connectivity index (χ3n) is 4.72. The van der Waals surface area contributed by atoms with Crippen LogP contribution < -0.4 is 34.5 Å². The molecule has 3 amide bonds. The molecule has 3 rings (SSSR count). The fourth-order valence-electron chi connectivity index (χ4n) is 3.33. The van der Waals surface area contributed by atoms with E-state index in [1.165, 1.54) is 21.3 Å². The van der Waals surface area contributed by atoms with Crippen LogP contribution in [0.1, 0.15) is 12.8 Å². The zero-order valence-electron chi connectivity index (χ0n) is 17.4. The van der Waals surface area contributed by atoms with Crippen LogP contribution in [0.2, 0.25) is 0 Å². The monoisotopic (exact) mass is 415 g/mol. The van der Waals surface area contributed by atoms with Crippen LogP contribution >= 0.6 is 0 Å². The summed E-state index contributed by atoms with van der Waals surface area (Å²) >= 11 is 0. The van der Waals surface area contributed by atoms with Gasteiger partial charge in [0.2, 0.25) is 11.7 Å². The van der Waals surface area contributed by atoms with Crippen molar-refractivity contribution in [3.05, 3.63) is 30.3 Å². The third kappa shape index (κ3) is 4.35. The first-order valence-electron chi connectivity index (χ1n) is 9.37. The Kier molecular flexibility index (Phi) is 6.51. The lowest BCUT2D eigenvalue weighted by molar-refractivity contribution is -0.117. The summed E-state index contributed by atoms with van der Waals surface area (Å²) in [5.41, 5.74) is 1.62. The molecule has 9 heteroatoms. The maximum Gasteiger partial charge on any atom is 0.323 e. The van der Waals surface area contributed by atoms with Gasteiger partial charge in [0.25, 0.3) is 0 Å². The molecule has 0 unspecified atom stereocenters. The molecule has 1 fully saturated rings. The Labute approximate surface area is 174 Å². The van der Waals surface area contributed by atoms with E-state index in [2.05, 4.69) is 10.6 Å². The summed E-state index contributed by atoms with van der Waals surface area (Å²) in [5.74, 6) is 1.88. The molecule has 0 atom stereocenters. The van der Waals surface area contributed by atoms with Crippen LogP contribution in [0.25, 0.3) is 0 Å². The van der Waals surface area contributed by atoms with Crippen LogP contribution in [0, 0.1) is 0 Å². The van der Waals surface area contributed by atoms with Crippen LogP contribution in [-0.4, -0.2) is 46.9 Å². The highest BCUT2D eigenvalue weighted by atomic mass is 16.5. The van der Waals surface area contributed by atoms with Crippen LogP contribution in [0.5, 0.6) is 23.0 Å². The number of hydrogen-bond acceptors (Lipinski definition) is 6. The van der Waals surface area contributed by atoms with Gasteiger partial charge in [-0.2, -0.15) is 0 Å². The van der Waals surface area contributed by atoms with Crippen molar-refractivity contribution in [1.82, 2.24) is 0 Å². The van der Waals surface area contributed by atoms with E-state index in [0.717, 1.165) is 6.42 Å². The second kappa shape index (κ2) is 9.25. The standard InChI is InChI=1S/C21H25N3O6/c1-27-16-8-7-13(10-15(16)24-9-5-6-19(24)25)22-21(26)23-14-11-17(28-2)20(30-4)18(12-14)29-3/h7-8,10-12H,5-6,9H2,1-4H3,(H2,22,23,26). The van der Waals surface area contributed by atoms with Crippen LogP contribution in [0.3, 0.4) is 0 Å². The number of carbonyl (C=O) groups excluding carboxylic acids is 2. The molecule has 160 valence electrons. The molecule has 9 nitrogen and oxygen atoms in total. The maximum absolute atomic E-state index is 12.5. The van der Waals surface area contributed by atoms with Crippen molar-refractivity contribution >= 4 is 29.0 Å². The molecule has 0 saturated carbocycles. The summed E-state index contributed by atoms with van der Waals surface area (Å²) in [6.07, 6.45) is 1.30. The third-order valence-corrected chi connectivity index (χ3v) is 4.72. The highest BCUT2D eigenvalue weighted by Gasteiger charge is 2.25. The molecular formula is C21H25N3O6. The number of urea groups is 1. The molecule has 2 aromatic rings.